The van der Waals surface area contributed by atoms with E-state index in [2.05, 4.69) is 0 Å². The Bertz CT molecular complexity index is 1080. The van der Waals surface area contributed by atoms with Gasteiger partial charge in [-0.25, -0.2) is 0 Å². The fourth-order valence-electron chi connectivity index (χ4n) is 3.51. The average Bonchev–Trinajstić information content (AvgIpc) is 2.78. The Hall–Kier alpha value is -2.71. The van der Waals surface area contributed by atoms with Gasteiger partial charge in [0.2, 0.25) is 0 Å². The molecule has 0 amide bonds. The van der Waals surface area contributed by atoms with Crippen LogP contribution in [0.2, 0.25) is 0 Å². The van der Waals surface area contributed by atoms with Crippen LogP contribution in [0, 0.1) is 0 Å². The minimum Gasteiger partial charge on any atom is -0.380 e. The normalized spacial score (nSPS) is 15.9. The fourth-order valence-corrected chi connectivity index (χ4v) is 3.51. The molecule has 0 aromatic heterocycles. The summed E-state index contributed by atoms with van der Waals surface area (Å²) in [4.78, 5) is 1.19. The molecule has 2 aromatic rings. The van der Waals surface area contributed by atoms with Gasteiger partial charge in [-0.05, 0) is 11.6 Å². The number of rotatable bonds is 9. The van der Waals surface area contributed by atoms with E-state index in [0.717, 1.165) is 36.4 Å². The highest BCUT2D eigenvalue weighted by molar-refractivity contribution is 5.58. The molecule has 0 spiro atoms. The monoisotopic (exact) mass is 559 g/mol. The molecule has 1 N–H and O–H groups in total. The first-order chi connectivity index (χ1) is 16.5. The largest absolute Gasteiger partial charge is 0.460 e. The van der Waals surface area contributed by atoms with Crippen molar-refractivity contribution in [1.29, 1.82) is 0 Å². The zero-order valence-corrected chi connectivity index (χ0v) is 18.7. The van der Waals surface area contributed by atoms with Gasteiger partial charge in [-0.15, -0.1) is 0 Å². The number of nitrogens with zero attached hydrogens (tertiary/aromatic N) is 1. The second kappa shape index (κ2) is 9.24. The molecule has 208 valence electrons. The molecule has 0 fully saturated rings. The van der Waals surface area contributed by atoms with Crippen LogP contribution < -0.4 is 4.90 Å². The molecule has 2 nitrogen and oxygen atoms in total. The molecular weight excluding hydrogens is 541 g/mol. The van der Waals surface area contributed by atoms with Crippen molar-refractivity contribution in [3.63, 3.8) is 0 Å². The predicted octanol–water partition coefficient (Wildman–Crippen LogP) is 7.12. The fraction of sp³-hybridized carbons (Fsp3) is 0.455. The predicted molar refractivity (Wildman–Crippen MR) is 106 cm³/mol. The molecule has 0 aliphatic rings. The summed E-state index contributed by atoms with van der Waals surface area (Å²) in [6.45, 7) is 0. The van der Waals surface area contributed by atoms with Crippen LogP contribution in [0.3, 0.4) is 0 Å². The molecule has 0 aliphatic carbocycles. The number of halogens is 13. The van der Waals surface area contributed by atoms with Crippen LogP contribution in [-0.2, 0) is 5.60 Å². The highest BCUT2D eigenvalue weighted by Gasteiger charge is 2.90. The van der Waals surface area contributed by atoms with Crippen LogP contribution in [-0.4, -0.2) is 55.0 Å². The lowest BCUT2D eigenvalue weighted by Crippen LogP contribution is -2.70. The lowest BCUT2D eigenvalue weighted by atomic mass is 9.78. The molecule has 2 rings (SSSR count). The lowest BCUT2D eigenvalue weighted by Gasteiger charge is -2.42. The number of anilines is 1. The Morgan fingerprint density at radius 3 is 1.49 bits per heavy atom. The minimum atomic E-state index is -8.02. The number of alkyl halides is 13. The summed E-state index contributed by atoms with van der Waals surface area (Å²) in [5, 5.41) is 11.2. The van der Waals surface area contributed by atoms with E-state index < -0.39 is 58.9 Å². The molecule has 0 saturated carbocycles. The van der Waals surface area contributed by atoms with Gasteiger partial charge in [0.15, 0.2) is 0 Å². The van der Waals surface area contributed by atoms with Crippen molar-refractivity contribution in [2.45, 2.75) is 47.8 Å². The smallest absolute Gasteiger partial charge is 0.380 e. The zero-order valence-electron chi connectivity index (χ0n) is 18.7. The molecular formula is C22H18F13NO. The second-order valence-electron chi connectivity index (χ2n) is 8.31. The van der Waals surface area contributed by atoms with Gasteiger partial charge in [-0.1, -0.05) is 48.5 Å². The Morgan fingerprint density at radius 1 is 0.595 bits per heavy atom. The van der Waals surface area contributed by atoms with Gasteiger partial charge in [0.25, 0.3) is 0 Å². The van der Waals surface area contributed by atoms with Gasteiger partial charge >= 0.3 is 35.8 Å². The molecule has 0 aliphatic heterocycles. The van der Waals surface area contributed by atoms with E-state index in [9.17, 15) is 62.2 Å². The van der Waals surface area contributed by atoms with Crippen LogP contribution in [0.1, 0.15) is 17.5 Å². The van der Waals surface area contributed by atoms with Crippen LogP contribution >= 0.6 is 0 Å². The first-order valence-corrected chi connectivity index (χ1v) is 9.99. The maximum absolute atomic E-state index is 14.8. The quantitative estimate of drug-likeness (QED) is 0.331. The first-order valence-electron chi connectivity index (χ1n) is 9.99. The summed E-state index contributed by atoms with van der Waals surface area (Å²) >= 11 is 0. The summed E-state index contributed by atoms with van der Waals surface area (Å²) in [6.07, 6.45) is -10.3. The highest BCUT2D eigenvalue weighted by atomic mass is 19.4. The molecule has 0 radical (unpaired) electrons. The van der Waals surface area contributed by atoms with Crippen LogP contribution in [0.25, 0.3) is 0 Å². The Labute approximate surface area is 201 Å². The van der Waals surface area contributed by atoms with Crippen molar-refractivity contribution in [3.8, 4) is 0 Å². The van der Waals surface area contributed by atoms with E-state index in [1.54, 1.807) is 0 Å². The maximum Gasteiger partial charge on any atom is 0.460 e. The van der Waals surface area contributed by atoms with Crippen LogP contribution in [0.5, 0.6) is 0 Å². The summed E-state index contributed by atoms with van der Waals surface area (Å²) in [6, 6.07) is 9.83. The Morgan fingerprint density at radius 2 is 1.03 bits per heavy atom. The highest BCUT2D eigenvalue weighted by Crippen LogP contribution is 2.62. The molecule has 37 heavy (non-hydrogen) atoms. The third-order valence-electron chi connectivity index (χ3n) is 5.56. The number of para-hydroxylation sites is 1. The summed E-state index contributed by atoms with van der Waals surface area (Å²) in [7, 11) is 2.62. The number of hydrogen-bond acceptors (Lipinski definition) is 2. The summed E-state index contributed by atoms with van der Waals surface area (Å²) < 4.78 is 177. The Balaban J connectivity index is 2.74. The molecule has 1 atom stereocenters. The van der Waals surface area contributed by atoms with Crippen LogP contribution in [0.4, 0.5) is 62.8 Å². The molecule has 2 aromatic carbocycles. The molecule has 0 saturated heterocycles. The number of benzene rings is 2. The minimum absolute atomic E-state index is 0.131. The van der Waals surface area contributed by atoms with Gasteiger partial charge in [0.1, 0.15) is 5.60 Å². The Kier molecular flexibility index (Phi) is 7.62. The zero-order chi connectivity index (χ0) is 28.9. The van der Waals surface area contributed by atoms with E-state index >= 15 is 0 Å². The number of hydrogen-bond donors (Lipinski definition) is 1. The topological polar surface area (TPSA) is 23.5 Å². The number of aliphatic hydroxyl groups is 1. The van der Waals surface area contributed by atoms with E-state index in [1.165, 1.54) is 37.2 Å². The SMILES string of the molecule is CN(C)c1ccccc1C(O)(CC(F)(F)C(F)(F)C(F)(F)C(F)(F)C(F)(F)C(F)(F)F)c1ccccc1. The molecule has 15 heteroatoms. The molecule has 0 heterocycles. The lowest BCUT2D eigenvalue weighted by molar-refractivity contribution is -0.441. The van der Waals surface area contributed by atoms with Crippen molar-refractivity contribution in [3.05, 3.63) is 65.7 Å². The van der Waals surface area contributed by atoms with E-state index in [0.29, 0.717) is 0 Å². The summed E-state index contributed by atoms with van der Waals surface area (Å²) in [5.74, 6) is -37.8. The van der Waals surface area contributed by atoms with E-state index in [1.807, 2.05) is 0 Å². The standard InChI is InChI=1S/C22H18F13NO/c1-36(2)15-11-7-6-10-14(15)16(37,13-8-4-3-5-9-13)12-17(23,24)18(25,26)19(27,28)20(29,30)21(31,32)22(33,34)35/h3-11,37H,12H2,1-2H3. The van der Waals surface area contributed by atoms with Gasteiger partial charge < -0.3 is 10.0 Å². The van der Waals surface area contributed by atoms with Crippen molar-refractivity contribution >= 4 is 5.69 Å². The van der Waals surface area contributed by atoms with Gasteiger partial charge in [-0.2, -0.15) is 57.1 Å². The van der Waals surface area contributed by atoms with Crippen molar-refractivity contribution in [2.24, 2.45) is 0 Å². The second-order valence-corrected chi connectivity index (χ2v) is 8.31. The third kappa shape index (κ3) is 4.70. The van der Waals surface area contributed by atoms with Crippen molar-refractivity contribution in [1.82, 2.24) is 0 Å². The van der Waals surface area contributed by atoms with Crippen molar-refractivity contribution in [2.75, 3.05) is 19.0 Å². The van der Waals surface area contributed by atoms with Gasteiger partial charge in [-0.3, -0.25) is 0 Å². The molecule has 1 unspecified atom stereocenters. The first kappa shape index (κ1) is 30.5. The van der Waals surface area contributed by atoms with Crippen molar-refractivity contribution < 1.29 is 62.2 Å². The van der Waals surface area contributed by atoms with E-state index in [-0.39, 0.29) is 5.69 Å². The van der Waals surface area contributed by atoms with Gasteiger partial charge in [0.05, 0.1) is 6.42 Å². The third-order valence-corrected chi connectivity index (χ3v) is 5.56. The average molecular weight is 559 g/mol. The van der Waals surface area contributed by atoms with Gasteiger partial charge in [0, 0.05) is 25.3 Å². The van der Waals surface area contributed by atoms with E-state index in [4.69, 9.17) is 0 Å². The molecule has 0 bridgehead atoms. The summed E-state index contributed by atoms with van der Waals surface area (Å²) in [5.41, 5.74) is -4.73. The maximum atomic E-state index is 14.8. The van der Waals surface area contributed by atoms with Crippen LogP contribution in [0.15, 0.2) is 54.6 Å².